The molecule has 0 saturated heterocycles. The van der Waals surface area contributed by atoms with Crippen molar-refractivity contribution >= 4 is 0 Å². The van der Waals surface area contributed by atoms with Crippen LogP contribution in [0.1, 0.15) is 27.7 Å². The quantitative estimate of drug-likeness (QED) is 0.651. The van der Waals surface area contributed by atoms with Gasteiger partial charge in [0, 0.05) is 13.2 Å². The van der Waals surface area contributed by atoms with Crippen LogP contribution in [-0.2, 0) is 4.74 Å². The second-order valence-electron chi connectivity index (χ2n) is 3.46. The highest BCUT2D eigenvalue weighted by molar-refractivity contribution is 4.80. The second kappa shape index (κ2) is 3.35. The average molecular weight is 145 g/mol. The van der Waals surface area contributed by atoms with Crippen molar-refractivity contribution in [1.29, 1.82) is 0 Å². The summed E-state index contributed by atoms with van der Waals surface area (Å²) in [5, 5.41) is 0. The molecule has 0 saturated carbocycles. The first-order valence-corrected chi connectivity index (χ1v) is 3.72. The Bertz CT molecular complexity index is 99.4. The first-order chi connectivity index (χ1) is 4.41. The van der Waals surface area contributed by atoms with Crippen LogP contribution >= 0.6 is 0 Å². The smallest absolute Gasteiger partial charge is 0.0662 e. The lowest BCUT2D eigenvalue weighted by atomic mass is 9.87. The Morgan fingerprint density at radius 1 is 1.30 bits per heavy atom. The molecule has 0 aromatic carbocycles. The summed E-state index contributed by atoms with van der Waals surface area (Å²) in [4.78, 5) is 0. The van der Waals surface area contributed by atoms with Gasteiger partial charge in [0.25, 0.3) is 0 Å². The van der Waals surface area contributed by atoms with E-state index in [4.69, 9.17) is 10.5 Å². The fraction of sp³-hybridized carbons (Fsp3) is 1.00. The van der Waals surface area contributed by atoms with Crippen molar-refractivity contribution in [2.24, 2.45) is 11.7 Å². The van der Waals surface area contributed by atoms with E-state index in [9.17, 15) is 0 Å². The van der Waals surface area contributed by atoms with E-state index < -0.39 is 0 Å². The van der Waals surface area contributed by atoms with Gasteiger partial charge in [-0.1, -0.05) is 6.92 Å². The molecule has 0 bridgehead atoms. The minimum atomic E-state index is -0.103. The van der Waals surface area contributed by atoms with E-state index in [-0.39, 0.29) is 11.6 Å². The minimum Gasteiger partial charge on any atom is -0.378 e. The summed E-state index contributed by atoms with van der Waals surface area (Å²) < 4.78 is 5.28. The number of hydrogen-bond donors (Lipinski definition) is 1. The normalized spacial score (nSPS) is 18.6. The third-order valence-electron chi connectivity index (χ3n) is 2.41. The molecular weight excluding hydrogens is 126 g/mol. The molecule has 0 aliphatic heterocycles. The monoisotopic (exact) mass is 145 g/mol. The van der Waals surface area contributed by atoms with Crippen molar-refractivity contribution in [3.8, 4) is 0 Å². The van der Waals surface area contributed by atoms with Crippen LogP contribution in [0.2, 0.25) is 0 Å². The SMILES string of the molecule is COC(C)(C)C(C)C(C)N. The number of nitrogens with two attached hydrogens (primary N) is 1. The lowest BCUT2D eigenvalue weighted by molar-refractivity contribution is -0.0280. The van der Waals surface area contributed by atoms with Gasteiger partial charge in [-0.25, -0.2) is 0 Å². The summed E-state index contributed by atoms with van der Waals surface area (Å²) in [6.07, 6.45) is 0. The van der Waals surface area contributed by atoms with Crippen LogP contribution in [0.15, 0.2) is 0 Å². The van der Waals surface area contributed by atoms with Gasteiger partial charge in [-0.3, -0.25) is 0 Å². The summed E-state index contributed by atoms with van der Waals surface area (Å²) in [7, 11) is 1.72. The summed E-state index contributed by atoms with van der Waals surface area (Å²) >= 11 is 0. The molecule has 2 nitrogen and oxygen atoms in total. The zero-order valence-electron chi connectivity index (χ0n) is 7.64. The minimum absolute atomic E-state index is 0.103. The molecule has 0 spiro atoms. The first kappa shape index (κ1) is 9.92. The van der Waals surface area contributed by atoms with Gasteiger partial charge in [0.2, 0.25) is 0 Å². The first-order valence-electron chi connectivity index (χ1n) is 3.72. The topological polar surface area (TPSA) is 35.2 Å². The molecule has 2 unspecified atom stereocenters. The van der Waals surface area contributed by atoms with Crippen LogP contribution in [0.5, 0.6) is 0 Å². The molecule has 0 aromatic heterocycles. The molecule has 62 valence electrons. The van der Waals surface area contributed by atoms with Crippen LogP contribution in [0.25, 0.3) is 0 Å². The van der Waals surface area contributed by atoms with Gasteiger partial charge < -0.3 is 10.5 Å². The van der Waals surface area contributed by atoms with Crippen molar-refractivity contribution in [3.63, 3.8) is 0 Å². The average Bonchev–Trinajstić information content (AvgIpc) is 1.86. The Balaban J connectivity index is 4.03. The number of rotatable bonds is 3. The van der Waals surface area contributed by atoms with Gasteiger partial charge in [0.05, 0.1) is 5.60 Å². The Kier molecular flexibility index (Phi) is 3.33. The molecule has 0 aromatic rings. The van der Waals surface area contributed by atoms with Gasteiger partial charge >= 0.3 is 0 Å². The molecule has 0 aliphatic rings. The highest BCUT2D eigenvalue weighted by Gasteiger charge is 2.27. The van der Waals surface area contributed by atoms with Crippen LogP contribution in [0.4, 0.5) is 0 Å². The molecule has 0 aliphatic carbocycles. The van der Waals surface area contributed by atoms with Crippen LogP contribution in [0.3, 0.4) is 0 Å². The molecule has 2 heteroatoms. The highest BCUT2D eigenvalue weighted by atomic mass is 16.5. The third kappa shape index (κ3) is 2.27. The predicted molar refractivity (Wildman–Crippen MR) is 43.9 cm³/mol. The zero-order chi connectivity index (χ0) is 8.36. The van der Waals surface area contributed by atoms with Crippen molar-refractivity contribution in [2.45, 2.75) is 39.3 Å². The number of hydrogen-bond acceptors (Lipinski definition) is 2. The summed E-state index contributed by atoms with van der Waals surface area (Å²) in [6.45, 7) is 8.22. The van der Waals surface area contributed by atoms with Gasteiger partial charge in [-0.05, 0) is 26.7 Å². The van der Waals surface area contributed by atoms with E-state index in [0.29, 0.717) is 5.92 Å². The molecule has 2 atom stereocenters. The van der Waals surface area contributed by atoms with Gasteiger partial charge in [0.1, 0.15) is 0 Å². The molecule has 0 heterocycles. The molecule has 0 rings (SSSR count). The molecule has 2 N–H and O–H groups in total. The van der Waals surface area contributed by atoms with Crippen LogP contribution in [0, 0.1) is 5.92 Å². The maximum Gasteiger partial charge on any atom is 0.0662 e. The maximum atomic E-state index is 5.72. The fourth-order valence-electron chi connectivity index (χ4n) is 0.819. The van der Waals surface area contributed by atoms with Gasteiger partial charge in [-0.15, -0.1) is 0 Å². The molecule has 0 fully saturated rings. The van der Waals surface area contributed by atoms with E-state index in [0.717, 1.165) is 0 Å². The number of ether oxygens (including phenoxy) is 1. The summed E-state index contributed by atoms with van der Waals surface area (Å²) in [5.41, 5.74) is 5.61. The number of methoxy groups -OCH3 is 1. The van der Waals surface area contributed by atoms with Crippen molar-refractivity contribution in [2.75, 3.05) is 7.11 Å². The molecule has 0 radical (unpaired) electrons. The van der Waals surface area contributed by atoms with Gasteiger partial charge in [0.15, 0.2) is 0 Å². The van der Waals surface area contributed by atoms with Crippen molar-refractivity contribution in [3.05, 3.63) is 0 Å². The van der Waals surface area contributed by atoms with E-state index in [1.807, 2.05) is 6.92 Å². The Morgan fingerprint density at radius 2 is 1.70 bits per heavy atom. The third-order valence-corrected chi connectivity index (χ3v) is 2.41. The van der Waals surface area contributed by atoms with E-state index in [1.165, 1.54) is 0 Å². The Hall–Kier alpha value is -0.0800. The summed E-state index contributed by atoms with van der Waals surface area (Å²) in [6, 6.07) is 0.190. The Labute approximate surface area is 63.7 Å². The van der Waals surface area contributed by atoms with Gasteiger partial charge in [-0.2, -0.15) is 0 Å². The molecule has 0 amide bonds. The largest absolute Gasteiger partial charge is 0.378 e. The zero-order valence-corrected chi connectivity index (χ0v) is 7.64. The van der Waals surface area contributed by atoms with Crippen LogP contribution < -0.4 is 5.73 Å². The van der Waals surface area contributed by atoms with Crippen molar-refractivity contribution < 1.29 is 4.74 Å². The van der Waals surface area contributed by atoms with E-state index in [2.05, 4.69) is 20.8 Å². The Morgan fingerprint density at radius 3 is 1.80 bits per heavy atom. The predicted octanol–water partition coefficient (Wildman–Crippen LogP) is 1.39. The lowest BCUT2D eigenvalue weighted by Crippen LogP contribution is -2.41. The lowest BCUT2D eigenvalue weighted by Gasteiger charge is -2.32. The standard InChI is InChI=1S/C8H19NO/c1-6(7(2)9)8(3,4)10-5/h6-7H,9H2,1-5H3. The summed E-state index contributed by atoms with van der Waals surface area (Å²) in [5.74, 6) is 0.387. The molecule has 10 heavy (non-hydrogen) atoms. The van der Waals surface area contributed by atoms with Crippen molar-refractivity contribution in [1.82, 2.24) is 0 Å². The second-order valence-corrected chi connectivity index (χ2v) is 3.46. The highest BCUT2D eigenvalue weighted by Crippen LogP contribution is 2.21. The van der Waals surface area contributed by atoms with E-state index >= 15 is 0 Å². The van der Waals surface area contributed by atoms with Crippen LogP contribution in [-0.4, -0.2) is 18.8 Å². The molecular formula is C8H19NO. The fourth-order valence-corrected chi connectivity index (χ4v) is 0.819. The maximum absolute atomic E-state index is 5.72. The van der Waals surface area contributed by atoms with E-state index in [1.54, 1.807) is 7.11 Å².